The number of fused-ring (bicyclic) bond motifs is 3. The van der Waals surface area contributed by atoms with Gasteiger partial charge in [-0.15, -0.1) is 0 Å². The van der Waals surface area contributed by atoms with Crippen LogP contribution in [0, 0.1) is 23.7 Å². The van der Waals surface area contributed by atoms with Crippen LogP contribution in [0.1, 0.15) is 125 Å². The molecule has 13 heteroatoms. The number of ketones is 2. The highest BCUT2D eigenvalue weighted by molar-refractivity contribution is 6.39. The number of Topliss-reactive ketones (excluding diaryl/α,β-unsaturated/α-hetero) is 2. The monoisotopic (exact) mass is 866 g/mol. The molecule has 1 saturated carbocycles. The molecule has 2 saturated heterocycles. The maximum Gasteiger partial charge on any atom is 0.329 e. The molecular weight excluding hydrogens is 791 g/mol. The third-order valence-electron chi connectivity index (χ3n) is 14.4. The first kappa shape index (κ1) is 49.5. The molecule has 1 aromatic rings. The number of amides is 1. The number of methoxy groups -OCH3 is 3. The lowest BCUT2D eigenvalue weighted by molar-refractivity contribution is -0.302. The van der Waals surface area contributed by atoms with E-state index >= 15 is 0 Å². The van der Waals surface area contributed by atoms with E-state index in [2.05, 4.69) is 29.0 Å². The summed E-state index contributed by atoms with van der Waals surface area (Å²) in [5.41, 5.74) is 1.38. The molecule has 0 radical (unpaired) electrons. The van der Waals surface area contributed by atoms with Crippen LogP contribution in [0.4, 0.5) is 5.82 Å². The van der Waals surface area contributed by atoms with E-state index in [4.69, 9.17) is 23.7 Å². The van der Waals surface area contributed by atoms with Crippen molar-refractivity contribution in [2.45, 2.75) is 173 Å². The van der Waals surface area contributed by atoms with Gasteiger partial charge in [0.15, 0.2) is 0 Å². The van der Waals surface area contributed by atoms with Crippen molar-refractivity contribution in [1.82, 2.24) is 9.88 Å². The van der Waals surface area contributed by atoms with E-state index in [-0.39, 0.29) is 42.6 Å². The average Bonchev–Trinajstić information content (AvgIpc) is 3.27. The number of hydrogen-bond donors (Lipinski definition) is 1. The van der Waals surface area contributed by atoms with Gasteiger partial charge in [0.1, 0.15) is 29.9 Å². The summed E-state index contributed by atoms with van der Waals surface area (Å²) in [5.74, 6) is -5.53. The number of carbonyl (C=O) groups is 4. The summed E-state index contributed by atoms with van der Waals surface area (Å²) in [5, 5.41) is 12.2. The Balaban J connectivity index is 1.57. The smallest absolute Gasteiger partial charge is 0.329 e. The molecule has 346 valence electrons. The standard InChI is InChI=1S/C49H75N3O10/c1-11-36-26-31(2)25-32(3)27-40(59-9)44-41(60-10)28-35(6)49(57,62-44)45(54)46(55)52-24-15-13-18-38(52)47(56)61-43(33(4)20-21-39(36)53)34(5)29-48(22-16-17-37(30-48)58-8)51(7)42-19-12-14-23-50-42/h12,14,19,23,26,29,32-33,35-38,40-41,43-44,57H,11,13,15-18,20-22,24-25,27-28,30H2,1-10H3/b31-26+,34-29?. The summed E-state index contributed by atoms with van der Waals surface area (Å²) in [6, 6.07) is 4.77. The fraction of sp³-hybridized carbons (Fsp3) is 0.735. The number of hydrogen-bond acceptors (Lipinski definition) is 12. The van der Waals surface area contributed by atoms with Gasteiger partial charge in [-0.3, -0.25) is 14.4 Å². The molecule has 1 aromatic heterocycles. The molecule has 4 aliphatic rings. The van der Waals surface area contributed by atoms with Crippen LogP contribution in [0.5, 0.6) is 0 Å². The minimum absolute atomic E-state index is 0.00573. The molecule has 13 nitrogen and oxygen atoms in total. The van der Waals surface area contributed by atoms with Gasteiger partial charge in [0.05, 0.1) is 23.9 Å². The molecule has 3 aliphatic heterocycles. The van der Waals surface area contributed by atoms with E-state index in [0.29, 0.717) is 57.8 Å². The van der Waals surface area contributed by atoms with Gasteiger partial charge in [0, 0.05) is 65.8 Å². The number of esters is 1. The largest absolute Gasteiger partial charge is 0.456 e. The van der Waals surface area contributed by atoms with Crippen molar-refractivity contribution < 1.29 is 48.0 Å². The topological polar surface area (TPSA) is 154 Å². The molecule has 1 aliphatic carbocycles. The number of piperidine rings is 1. The molecule has 12 unspecified atom stereocenters. The highest BCUT2D eigenvalue weighted by Crippen LogP contribution is 2.41. The predicted octanol–water partition coefficient (Wildman–Crippen LogP) is 7.19. The van der Waals surface area contributed by atoms with Gasteiger partial charge in [-0.25, -0.2) is 9.78 Å². The van der Waals surface area contributed by atoms with Gasteiger partial charge in [0.25, 0.3) is 11.7 Å². The Bertz CT molecular complexity index is 1750. The lowest BCUT2D eigenvalue weighted by atomic mass is 9.76. The maximum atomic E-state index is 14.7. The van der Waals surface area contributed by atoms with Crippen molar-refractivity contribution >= 4 is 29.3 Å². The van der Waals surface area contributed by atoms with Crippen LogP contribution in [-0.4, -0.2) is 121 Å². The van der Waals surface area contributed by atoms with Crippen molar-refractivity contribution in [3.63, 3.8) is 0 Å². The van der Waals surface area contributed by atoms with Crippen LogP contribution in [-0.2, 0) is 42.9 Å². The Hall–Kier alpha value is -3.49. The molecule has 2 bridgehead atoms. The summed E-state index contributed by atoms with van der Waals surface area (Å²) in [6.45, 7) is 12.0. The van der Waals surface area contributed by atoms with Crippen molar-refractivity contribution in [2.75, 3.05) is 39.8 Å². The Morgan fingerprint density at radius 2 is 1.73 bits per heavy atom. The zero-order valence-corrected chi connectivity index (χ0v) is 39.1. The molecule has 0 aromatic carbocycles. The Morgan fingerprint density at radius 3 is 2.39 bits per heavy atom. The number of aromatic nitrogens is 1. The van der Waals surface area contributed by atoms with E-state index in [1.807, 2.05) is 52.9 Å². The summed E-state index contributed by atoms with van der Waals surface area (Å²) in [6.07, 6.45) is 11.1. The van der Waals surface area contributed by atoms with E-state index < -0.39 is 65.4 Å². The van der Waals surface area contributed by atoms with Crippen LogP contribution in [0.3, 0.4) is 0 Å². The number of carbonyl (C=O) groups excluding carboxylic acids is 4. The van der Waals surface area contributed by atoms with Gasteiger partial charge in [-0.1, -0.05) is 51.5 Å². The van der Waals surface area contributed by atoms with E-state index in [0.717, 1.165) is 36.2 Å². The second kappa shape index (κ2) is 21.9. The van der Waals surface area contributed by atoms with Gasteiger partial charge < -0.3 is 38.6 Å². The van der Waals surface area contributed by atoms with Crippen LogP contribution < -0.4 is 4.90 Å². The van der Waals surface area contributed by atoms with E-state index in [1.54, 1.807) is 34.4 Å². The quantitative estimate of drug-likeness (QED) is 0.160. The molecule has 12 atom stereocenters. The predicted molar refractivity (Wildman–Crippen MR) is 237 cm³/mol. The number of rotatable bonds is 8. The number of aliphatic hydroxyl groups is 1. The highest BCUT2D eigenvalue weighted by atomic mass is 16.7. The van der Waals surface area contributed by atoms with Crippen LogP contribution >= 0.6 is 0 Å². The molecule has 5 rings (SSSR count). The zero-order chi connectivity index (χ0) is 45.4. The fourth-order valence-electron chi connectivity index (χ4n) is 10.6. The first-order chi connectivity index (χ1) is 29.5. The second-order valence-electron chi connectivity index (χ2n) is 18.9. The zero-order valence-electron chi connectivity index (χ0n) is 39.1. The van der Waals surface area contributed by atoms with Crippen molar-refractivity contribution in [3.8, 4) is 0 Å². The number of anilines is 1. The number of ether oxygens (including phenoxy) is 5. The Labute approximate surface area is 370 Å². The summed E-state index contributed by atoms with van der Waals surface area (Å²) in [4.78, 5) is 65.6. The normalized spacial score (nSPS) is 37.4. The van der Waals surface area contributed by atoms with Crippen molar-refractivity contribution in [2.24, 2.45) is 23.7 Å². The number of nitrogens with zero attached hydrogens (tertiary/aromatic N) is 3. The van der Waals surface area contributed by atoms with Crippen LogP contribution in [0.15, 0.2) is 47.7 Å². The van der Waals surface area contributed by atoms with E-state index in [1.165, 1.54) is 4.90 Å². The molecule has 3 fully saturated rings. The van der Waals surface area contributed by atoms with Gasteiger partial charge in [-0.2, -0.15) is 0 Å². The maximum absolute atomic E-state index is 14.7. The number of pyridine rings is 1. The Morgan fingerprint density at radius 1 is 1.00 bits per heavy atom. The first-order valence-electron chi connectivity index (χ1n) is 23.1. The summed E-state index contributed by atoms with van der Waals surface area (Å²) >= 11 is 0. The van der Waals surface area contributed by atoms with Gasteiger partial charge >= 0.3 is 5.97 Å². The third kappa shape index (κ3) is 11.2. The third-order valence-corrected chi connectivity index (χ3v) is 14.4. The lowest BCUT2D eigenvalue weighted by Gasteiger charge is -2.47. The van der Waals surface area contributed by atoms with E-state index in [9.17, 15) is 24.3 Å². The SMILES string of the molecule is CCC1/C=C(\C)CC(C)CC(OC)C2OC(O)(C(=O)C(=O)N3CCCCC3C(=O)OC(C(C)=CC3(N(C)c4ccccn4)CCCC(OC)C3)C(C)CCC1=O)C(C)CC2OC. The average molecular weight is 866 g/mol. The van der Waals surface area contributed by atoms with Gasteiger partial charge in [-0.05, 0) is 114 Å². The molecule has 0 spiro atoms. The minimum atomic E-state index is -2.48. The highest BCUT2D eigenvalue weighted by Gasteiger charge is 2.56. The molecule has 4 heterocycles. The molecule has 62 heavy (non-hydrogen) atoms. The summed E-state index contributed by atoms with van der Waals surface area (Å²) in [7, 11) is 6.90. The van der Waals surface area contributed by atoms with Crippen molar-refractivity contribution in [3.05, 3.63) is 47.7 Å². The summed E-state index contributed by atoms with van der Waals surface area (Å²) < 4.78 is 30.7. The molecule has 1 amide bonds. The number of likely N-dealkylation sites (N-methyl/N-ethyl adjacent to an activating group) is 1. The second-order valence-corrected chi connectivity index (χ2v) is 18.9. The number of cyclic esters (lactones) is 1. The first-order valence-corrected chi connectivity index (χ1v) is 23.1. The van der Waals surface area contributed by atoms with Gasteiger partial charge in [0.2, 0.25) is 5.79 Å². The van der Waals surface area contributed by atoms with Crippen LogP contribution in [0.25, 0.3) is 0 Å². The fourth-order valence-corrected chi connectivity index (χ4v) is 10.6. The molecule has 1 N–H and O–H groups in total. The minimum Gasteiger partial charge on any atom is -0.456 e. The number of allylic oxidation sites excluding steroid dienone is 2. The Kier molecular flexibility index (Phi) is 17.5. The lowest BCUT2D eigenvalue weighted by Crippen LogP contribution is -2.64. The molecular formula is C49H75N3O10. The van der Waals surface area contributed by atoms with Crippen LogP contribution in [0.2, 0.25) is 0 Å². The van der Waals surface area contributed by atoms with Crippen molar-refractivity contribution in [1.29, 1.82) is 0 Å².